The van der Waals surface area contributed by atoms with E-state index in [-0.39, 0.29) is 23.9 Å². The Bertz CT molecular complexity index is 1510. The Labute approximate surface area is 219 Å². The van der Waals surface area contributed by atoms with Gasteiger partial charge in [0.15, 0.2) is 5.13 Å². The third kappa shape index (κ3) is 5.09. The maximum absolute atomic E-state index is 14.1. The van der Waals surface area contributed by atoms with E-state index in [0.29, 0.717) is 35.8 Å². The summed E-state index contributed by atoms with van der Waals surface area (Å²) in [5.41, 5.74) is 1.56. The molecule has 1 unspecified atom stereocenters. The van der Waals surface area contributed by atoms with Crippen molar-refractivity contribution >= 4 is 42.6 Å². The number of ether oxygens (including phenoxy) is 1. The molecule has 3 aromatic carbocycles. The Morgan fingerprint density at radius 1 is 1.11 bits per heavy atom. The molecule has 1 amide bonds. The van der Waals surface area contributed by atoms with E-state index in [4.69, 9.17) is 9.72 Å². The number of fused-ring (bicyclic) bond motifs is 1. The standard InChI is InChI=1S/C27H26FN3O4S2/c1-2-35-23-11-6-12-24-25(23)29-27(36-24)30(18-19-8-4-3-5-9-19)26(32)22-10-7-17-31(22)37(33,34)21-15-13-20(28)14-16-21/h3-6,8-9,11-16,22H,2,7,10,17-18H2,1H3. The van der Waals surface area contributed by atoms with E-state index in [0.717, 1.165) is 22.4 Å². The van der Waals surface area contributed by atoms with Gasteiger partial charge in [0.1, 0.15) is 23.1 Å². The summed E-state index contributed by atoms with van der Waals surface area (Å²) in [5.74, 6) is -0.232. The summed E-state index contributed by atoms with van der Waals surface area (Å²) < 4.78 is 48.2. The van der Waals surface area contributed by atoms with Gasteiger partial charge in [0.25, 0.3) is 0 Å². The van der Waals surface area contributed by atoms with Crippen LogP contribution in [0.15, 0.2) is 77.7 Å². The molecule has 1 fully saturated rings. The number of rotatable bonds is 8. The Hall–Kier alpha value is -3.34. The lowest BCUT2D eigenvalue weighted by Crippen LogP contribution is -2.47. The fourth-order valence-corrected chi connectivity index (χ4v) is 7.14. The number of halogens is 1. The van der Waals surface area contributed by atoms with Gasteiger partial charge in [0.2, 0.25) is 15.9 Å². The number of anilines is 1. The molecule has 0 bridgehead atoms. The van der Waals surface area contributed by atoms with Gasteiger partial charge in [-0.05, 0) is 61.7 Å². The summed E-state index contributed by atoms with van der Waals surface area (Å²) >= 11 is 1.36. The number of benzene rings is 3. The molecule has 4 aromatic rings. The van der Waals surface area contributed by atoms with Gasteiger partial charge in [-0.15, -0.1) is 0 Å². The van der Waals surface area contributed by atoms with E-state index in [9.17, 15) is 17.6 Å². The highest BCUT2D eigenvalue weighted by atomic mass is 32.2. The number of amides is 1. The normalized spacial score (nSPS) is 16.2. The number of hydrogen-bond acceptors (Lipinski definition) is 6. The molecule has 1 saturated heterocycles. The van der Waals surface area contributed by atoms with Crippen LogP contribution in [0.5, 0.6) is 5.75 Å². The van der Waals surface area contributed by atoms with E-state index in [1.165, 1.54) is 27.8 Å². The molecule has 5 rings (SSSR count). The minimum atomic E-state index is -3.99. The second-order valence-corrected chi connectivity index (χ2v) is 11.6. The first-order valence-electron chi connectivity index (χ1n) is 12.0. The monoisotopic (exact) mass is 539 g/mol. The number of carbonyl (C=O) groups is 1. The molecule has 0 spiro atoms. The largest absolute Gasteiger partial charge is 0.492 e. The second-order valence-electron chi connectivity index (χ2n) is 8.67. The predicted octanol–water partition coefficient (Wildman–Crippen LogP) is 5.22. The molecule has 1 aliphatic rings. The molecule has 192 valence electrons. The second kappa shape index (κ2) is 10.6. The number of thiazole rings is 1. The van der Waals surface area contributed by atoms with Crippen molar-refractivity contribution in [2.24, 2.45) is 0 Å². The third-order valence-corrected chi connectivity index (χ3v) is 9.23. The maximum atomic E-state index is 14.1. The highest BCUT2D eigenvalue weighted by molar-refractivity contribution is 7.89. The maximum Gasteiger partial charge on any atom is 0.247 e. The van der Waals surface area contributed by atoms with E-state index in [1.807, 2.05) is 55.5 Å². The van der Waals surface area contributed by atoms with E-state index >= 15 is 0 Å². The summed E-state index contributed by atoms with van der Waals surface area (Å²) in [7, 11) is -3.99. The average Bonchev–Trinajstić information content (AvgIpc) is 3.57. The highest BCUT2D eigenvalue weighted by Crippen LogP contribution is 2.36. The summed E-state index contributed by atoms with van der Waals surface area (Å²) in [6.45, 7) is 2.83. The molecule has 1 aliphatic heterocycles. The van der Waals surface area contributed by atoms with Crippen molar-refractivity contribution < 1.29 is 22.3 Å². The first-order chi connectivity index (χ1) is 17.9. The van der Waals surface area contributed by atoms with Gasteiger partial charge in [-0.2, -0.15) is 4.31 Å². The molecule has 7 nitrogen and oxygen atoms in total. The van der Waals surface area contributed by atoms with Crippen molar-refractivity contribution in [2.75, 3.05) is 18.1 Å². The lowest BCUT2D eigenvalue weighted by atomic mass is 10.1. The molecule has 1 aromatic heterocycles. The molecular formula is C27H26FN3O4S2. The molecular weight excluding hydrogens is 513 g/mol. The van der Waals surface area contributed by atoms with Crippen LogP contribution in [-0.4, -0.2) is 42.8 Å². The van der Waals surface area contributed by atoms with Crippen LogP contribution in [0.25, 0.3) is 10.2 Å². The average molecular weight is 540 g/mol. The molecule has 0 saturated carbocycles. The van der Waals surface area contributed by atoms with E-state index < -0.39 is 21.9 Å². The zero-order chi connectivity index (χ0) is 26.0. The molecule has 37 heavy (non-hydrogen) atoms. The van der Waals surface area contributed by atoms with Crippen LogP contribution >= 0.6 is 11.3 Å². The quantitative estimate of drug-likeness (QED) is 0.307. The van der Waals surface area contributed by atoms with Crippen molar-refractivity contribution in [1.82, 2.24) is 9.29 Å². The highest BCUT2D eigenvalue weighted by Gasteiger charge is 2.42. The zero-order valence-electron chi connectivity index (χ0n) is 20.2. The molecule has 0 radical (unpaired) electrons. The zero-order valence-corrected chi connectivity index (χ0v) is 21.8. The molecule has 0 aliphatic carbocycles. The summed E-state index contributed by atoms with van der Waals surface area (Å²) in [6.07, 6.45) is 0.935. The minimum absolute atomic E-state index is 0.0375. The number of nitrogens with zero attached hydrogens (tertiary/aromatic N) is 3. The van der Waals surface area contributed by atoms with Crippen LogP contribution in [-0.2, 0) is 21.4 Å². The Morgan fingerprint density at radius 2 is 1.86 bits per heavy atom. The van der Waals surface area contributed by atoms with E-state index in [1.54, 1.807) is 4.90 Å². The lowest BCUT2D eigenvalue weighted by Gasteiger charge is -2.28. The first-order valence-corrected chi connectivity index (χ1v) is 14.3. The van der Waals surface area contributed by atoms with Gasteiger partial charge in [-0.1, -0.05) is 47.7 Å². The fourth-order valence-electron chi connectivity index (χ4n) is 4.50. The van der Waals surface area contributed by atoms with Crippen molar-refractivity contribution in [1.29, 1.82) is 0 Å². The van der Waals surface area contributed by atoms with Crippen molar-refractivity contribution in [3.8, 4) is 5.75 Å². The van der Waals surface area contributed by atoms with Crippen molar-refractivity contribution in [2.45, 2.75) is 37.2 Å². The van der Waals surface area contributed by atoms with Crippen LogP contribution in [0.4, 0.5) is 9.52 Å². The van der Waals surface area contributed by atoms with Gasteiger partial charge in [0, 0.05) is 6.54 Å². The van der Waals surface area contributed by atoms with Crippen molar-refractivity contribution in [3.05, 3.63) is 84.2 Å². The molecule has 10 heteroatoms. The summed E-state index contributed by atoms with van der Waals surface area (Å²) in [4.78, 5) is 20.4. The van der Waals surface area contributed by atoms with Crippen LogP contribution in [0, 0.1) is 5.82 Å². The first kappa shape index (κ1) is 25.3. The van der Waals surface area contributed by atoms with Gasteiger partial charge < -0.3 is 4.74 Å². The van der Waals surface area contributed by atoms with Gasteiger partial charge in [-0.3, -0.25) is 9.69 Å². The van der Waals surface area contributed by atoms with Gasteiger partial charge in [0.05, 0.1) is 22.7 Å². The number of para-hydroxylation sites is 1. The predicted molar refractivity (Wildman–Crippen MR) is 142 cm³/mol. The minimum Gasteiger partial charge on any atom is -0.492 e. The molecule has 2 heterocycles. The molecule has 0 N–H and O–H groups in total. The van der Waals surface area contributed by atoms with E-state index in [2.05, 4.69) is 0 Å². The lowest BCUT2D eigenvalue weighted by molar-refractivity contribution is -0.121. The summed E-state index contributed by atoms with van der Waals surface area (Å²) in [5, 5.41) is 0.474. The number of aromatic nitrogens is 1. The fraction of sp³-hybridized carbons (Fsp3) is 0.259. The van der Waals surface area contributed by atoms with Crippen LogP contribution in [0.2, 0.25) is 0 Å². The number of hydrogen-bond donors (Lipinski definition) is 0. The van der Waals surface area contributed by atoms with Gasteiger partial charge >= 0.3 is 0 Å². The Kier molecular flexibility index (Phi) is 7.23. The smallest absolute Gasteiger partial charge is 0.247 e. The number of sulfonamides is 1. The SMILES string of the molecule is CCOc1cccc2sc(N(Cc3ccccc3)C(=O)C3CCCN3S(=O)(=O)c3ccc(F)cc3)nc12. The van der Waals surface area contributed by atoms with Gasteiger partial charge in [-0.25, -0.2) is 17.8 Å². The Balaban J connectivity index is 1.53. The molecule has 1 atom stereocenters. The van der Waals surface area contributed by atoms with Crippen LogP contribution < -0.4 is 9.64 Å². The van der Waals surface area contributed by atoms with Crippen LogP contribution in [0.1, 0.15) is 25.3 Å². The Morgan fingerprint density at radius 3 is 2.59 bits per heavy atom. The van der Waals surface area contributed by atoms with Crippen LogP contribution in [0.3, 0.4) is 0 Å². The number of carbonyl (C=O) groups excluding carboxylic acids is 1. The van der Waals surface area contributed by atoms with Crippen molar-refractivity contribution in [3.63, 3.8) is 0 Å². The summed E-state index contributed by atoms with van der Waals surface area (Å²) in [6, 6.07) is 19.0. The third-order valence-electron chi connectivity index (χ3n) is 6.26. The topological polar surface area (TPSA) is 79.8 Å².